The minimum atomic E-state index is -3.91. The first-order chi connectivity index (χ1) is 16.7. The fourth-order valence-electron chi connectivity index (χ4n) is 4.11. The van der Waals surface area contributed by atoms with Crippen molar-refractivity contribution < 1.29 is 23.1 Å². The van der Waals surface area contributed by atoms with Crippen LogP contribution in [0.5, 0.6) is 5.75 Å². The topological polar surface area (TPSA) is 99.2 Å². The van der Waals surface area contributed by atoms with Gasteiger partial charge in [-0.3, -0.25) is 4.72 Å². The second kappa shape index (κ2) is 9.87. The van der Waals surface area contributed by atoms with Crippen molar-refractivity contribution in [2.24, 2.45) is 0 Å². The Kier molecular flexibility index (Phi) is 6.88. The molecule has 0 bridgehead atoms. The van der Waals surface area contributed by atoms with Gasteiger partial charge in [0.25, 0.3) is 10.0 Å². The van der Waals surface area contributed by atoms with Gasteiger partial charge in [-0.2, -0.15) is 0 Å². The Morgan fingerprint density at radius 1 is 0.886 bits per heavy atom. The van der Waals surface area contributed by atoms with Crippen LogP contribution in [0, 0.1) is 13.8 Å². The third kappa shape index (κ3) is 5.35. The average molecular weight is 496 g/mol. The maximum Gasteiger partial charge on any atom is 0.335 e. The van der Waals surface area contributed by atoms with E-state index in [1.807, 2.05) is 38.1 Å². The van der Waals surface area contributed by atoms with Crippen molar-refractivity contribution in [3.63, 3.8) is 0 Å². The molecule has 3 aromatic carbocycles. The van der Waals surface area contributed by atoms with Crippen molar-refractivity contribution in [2.45, 2.75) is 18.7 Å². The van der Waals surface area contributed by atoms with Gasteiger partial charge in [0.15, 0.2) is 0 Å². The third-order valence-electron chi connectivity index (χ3n) is 6.33. The summed E-state index contributed by atoms with van der Waals surface area (Å²) in [5.74, 6) is -0.320. The van der Waals surface area contributed by atoms with E-state index in [-0.39, 0.29) is 16.1 Å². The molecule has 0 aliphatic carbocycles. The maximum atomic E-state index is 13.2. The molecule has 1 fully saturated rings. The molecule has 2 N–H and O–H groups in total. The smallest absolute Gasteiger partial charge is 0.335 e. The van der Waals surface area contributed by atoms with E-state index in [4.69, 9.17) is 4.74 Å². The summed E-state index contributed by atoms with van der Waals surface area (Å²) in [5.41, 5.74) is 3.86. The minimum Gasteiger partial charge on any atom is -0.497 e. The number of benzene rings is 3. The zero-order valence-corrected chi connectivity index (χ0v) is 20.8. The molecule has 1 aliphatic heterocycles. The van der Waals surface area contributed by atoms with Crippen LogP contribution in [-0.4, -0.2) is 52.8 Å². The molecule has 0 saturated carbocycles. The Labute approximate surface area is 205 Å². The first-order valence-electron chi connectivity index (χ1n) is 11.3. The van der Waals surface area contributed by atoms with Crippen LogP contribution < -0.4 is 19.3 Å². The SMILES string of the molecule is COc1ccc(N2CCN(c3ccc(C(=O)O)cc3NS(=O)(=O)c3ccc(C)c(C)c3)CC2)cc1. The highest BCUT2D eigenvalue weighted by Crippen LogP contribution is 2.31. The number of piperazine rings is 1. The lowest BCUT2D eigenvalue weighted by atomic mass is 10.1. The molecule has 0 aromatic heterocycles. The second-order valence-corrected chi connectivity index (χ2v) is 10.2. The van der Waals surface area contributed by atoms with Gasteiger partial charge in [0.05, 0.1) is 28.9 Å². The lowest BCUT2D eigenvalue weighted by Gasteiger charge is -2.38. The molecule has 0 spiro atoms. The molecule has 8 nitrogen and oxygen atoms in total. The van der Waals surface area contributed by atoms with Crippen LogP contribution in [0.25, 0.3) is 0 Å². The first kappa shape index (κ1) is 24.4. The average Bonchev–Trinajstić information content (AvgIpc) is 2.85. The van der Waals surface area contributed by atoms with Crippen molar-refractivity contribution in [2.75, 3.05) is 47.8 Å². The highest BCUT2D eigenvalue weighted by atomic mass is 32.2. The predicted octanol–water partition coefficient (Wildman–Crippen LogP) is 4.14. The largest absolute Gasteiger partial charge is 0.497 e. The van der Waals surface area contributed by atoms with Gasteiger partial charge in [-0.25, -0.2) is 13.2 Å². The summed E-state index contributed by atoms with van der Waals surface area (Å²) < 4.78 is 34.2. The van der Waals surface area contributed by atoms with Crippen molar-refractivity contribution in [3.05, 3.63) is 77.4 Å². The van der Waals surface area contributed by atoms with Crippen LogP contribution in [0.15, 0.2) is 65.6 Å². The number of rotatable bonds is 7. The number of nitrogens with one attached hydrogen (secondary N) is 1. The van der Waals surface area contributed by atoms with Crippen LogP contribution in [0.3, 0.4) is 0 Å². The summed E-state index contributed by atoms with van der Waals surface area (Å²) in [6, 6.07) is 17.4. The second-order valence-electron chi connectivity index (χ2n) is 8.56. The van der Waals surface area contributed by atoms with E-state index < -0.39 is 16.0 Å². The summed E-state index contributed by atoms with van der Waals surface area (Å²) in [5, 5.41) is 9.48. The maximum absolute atomic E-state index is 13.2. The fourth-order valence-corrected chi connectivity index (χ4v) is 5.26. The summed E-state index contributed by atoms with van der Waals surface area (Å²) >= 11 is 0. The van der Waals surface area contributed by atoms with Gasteiger partial charge in [-0.15, -0.1) is 0 Å². The molecular weight excluding hydrogens is 466 g/mol. The van der Waals surface area contributed by atoms with Gasteiger partial charge >= 0.3 is 5.97 Å². The van der Waals surface area contributed by atoms with E-state index in [0.717, 1.165) is 35.7 Å². The number of aromatic carboxylic acids is 1. The molecule has 0 unspecified atom stereocenters. The predicted molar refractivity (Wildman–Crippen MR) is 138 cm³/mol. The number of methoxy groups -OCH3 is 1. The molecule has 9 heteroatoms. The summed E-state index contributed by atoms with van der Waals surface area (Å²) in [4.78, 5) is 16.1. The number of hydrogen-bond donors (Lipinski definition) is 2. The zero-order valence-electron chi connectivity index (χ0n) is 20.0. The van der Waals surface area contributed by atoms with E-state index >= 15 is 0 Å². The van der Waals surface area contributed by atoms with Crippen molar-refractivity contribution in [3.8, 4) is 5.75 Å². The number of anilines is 3. The van der Waals surface area contributed by atoms with Gasteiger partial charge < -0.3 is 19.6 Å². The highest BCUT2D eigenvalue weighted by Gasteiger charge is 2.24. The number of carbonyl (C=O) groups is 1. The van der Waals surface area contributed by atoms with E-state index in [9.17, 15) is 18.3 Å². The molecular formula is C26H29N3O5S. The molecule has 35 heavy (non-hydrogen) atoms. The van der Waals surface area contributed by atoms with Crippen LogP contribution >= 0.6 is 0 Å². The molecule has 0 amide bonds. The molecule has 184 valence electrons. The summed E-state index contributed by atoms with van der Waals surface area (Å²) in [6.07, 6.45) is 0. The Bertz CT molecular complexity index is 1330. The lowest BCUT2D eigenvalue weighted by molar-refractivity contribution is 0.0697. The Hall–Kier alpha value is -3.72. The number of carboxylic acids is 1. The van der Waals surface area contributed by atoms with Crippen LogP contribution in [0.2, 0.25) is 0 Å². The summed E-state index contributed by atoms with van der Waals surface area (Å²) in [7, 11) is -2.27. The van der Waals surface area contributed by atoms with Gasteiger partial charge in [0, 0.05) is 31.9 Å². The number of nitrogens with zero attached hydrogens (tertiary/aromatic N) is 2. The molecule has 1 aliphatic rings. The van der Waals surface area contributed by atoms with Crippen molar-refractivity contribution in [1.82, 2.24) is 0 Å². The molecule has 1 heterocycles. The van der Waals surface area contributed by atoms with Crippen molar-refractivity contribution >= 4 is 33.1 Å². The Morgan fingerprint density at radius 2 is 1.54 bits per heavy atom. The van der Waals surface area contributed by atoms with Gasteiger partial charge in [0.2, 0.25) is 0 Å². The number of aryl methyl sites for hydroxylation is 2. The number of ether oxygens (including phenoxy) is 1. The van der Waals surface area contributed by atoms with Gasteiger partial charge in [-0.1, -0.05) is 6.07 Å². The molecule has 0 atom stereocenters. The molecule has 3 aromatic rings. The van der Waals surface area contributed by atoms with E-state index in [1.165, 1.54) is 12.1 Å². The molecule has 4 rings (SSSR count). The Morgan fingerprint density at radius 3 is 2.14 bits per heavy atom. The molecule has 1 saturated heterocycles. The van der Waals surface area contributed by atoms with Crippen LogP contribution in [0.4, 0.5) is 17.1 Å². The van der Waals surface area contributed by atoms with E-state index in [1.54, 1.807) is 31.4 Å². The standard InChI is InChI=1S/C26H29N3O5S/c1-18-4-10-23(16-19(18)2)35(32,33)27-24-17-20(26(30)31)5-11-25(24)29-14-12-28(13-15-29)21-6-8-22(34-3)9-7-21/h4-11,16-17,27H,12-15H2,1-3H3,(H,30,31). The fraction of sp³-hybridized carbons (Fsp3) is 0.269. The van der Waals surface area contributed by atoms with Crippen LogP contribution in [0.1, 0.15) is 21.5 Å². The monoisotopic (exact) mass is 495 g/mol. The van der Waals surface area contributed by atoms with Gasteiger partial charge in [0.1, 0.15) is 5.75 Å². The molecule has 0 radical (unpaired) electrons. The van der Waals surface area contributed by atoms with E-state index in [0.29, 0.717) is 18.8 Å². The normalized spacial score (nSPS) is 14.0. The number of hydrogen-bond acceptors (Lipinski definition) is 6. The van der Waals surface area contributed by atoms with Crippen LogP contribution in [-0.2, 0) is 10.0 Å². The third-order valence-corrected chi connectivity index (χ3v) is 7.70. The van der Waals surface area contributed by atoms with E-state index in [2.05, 4.69) is 14.5 Å². The van der Waals surface area contributed by atoms with Gasteiger partial charge in [-0.05, 0) is 79.6 Å². The highest BCUT2D eigenvalue weighted by molar-refractivity contribution is 7.92. The summed E-state index contributed by atoms with van der Waals surface area (Å²) in [6.45, 7) is 6.53. The number of carboxylic acid groups (broad SMARTS) is 1. The zero-order chi connectivity index (χ0) is 25.2. The van der Waals surface area contributed by atoms with Crippen molar-refractivity contribution in [1.29, 1.82) is 0 Å². The minimum absolute atomic E-state index is 0.0170. The number of sulfonamides is 1. The quantitative estimate of drug-likeness (QED) is 0.508. The lowest BCUT2D eigenvalue weighted by Crippen LogP contribution is -2.46. The Balaban J connectivity index is 1.58. The first-order valence-corrected chi connectivity index (χ1v) is 12.8.